The second kappa shape index (κ2) is 8.26. The van der Waals surface area contributed by atoms with Gasteiger partial charge in [-0.15, -0.1) is 0 Å². The average molecular weight is 408 g/mol. The van der Waals surface area contributed by atoms with E-state index in [-0.39, 0.29) is 29.2 Å². The van der Waals surface area contributed by atoms with Crippen LogP contribution in [-0.4, -0.2) is 37.5 Å². The minimum atomic E-state index is -1.24. The maximum Gasteiger partial charge on any atom is 0.339 e. The smallest absolute Gasteiger partial charge is 0.339 e. The van der Waals surface area contributed by atoms with Gasteiger partial charge in [0.25, 0.3) is 0 Å². The summed E-state index contributed by atoms with van der Waals surface area (Å²) in [7, 11) is 0. The first kappa shape index (κ1) is 20.9. The van der Waals surface area contributed by atoms with Crippen LogP contribution in [0.5, 0.6) is 11.5 Å². The Balaban J connectivity index is 2.16. The number of rotatable bonds is 6. The van der Waals surface area contributed by atoms with E-state index in [2.05, 4.69) is 0 Å². The van der Waals surface area contributed by atoms with Crippen LogP contribution in [0, 0.1) is 0 Å². The molecule has 30 heavy (non-hydrogen) atoms. The summed E-state index contributed by atoms with van der Waals surface area (Å²) in [5.74, 6) is -3.20. The number of aromatic hydroxyl groups is 2. The Labute approximate surface area is 172 Å². The number of carboxylic acid groups (broad SMARTS) is 2. The zero-order valence-corrected chi connectivity index (χ0v) is 16.1. The molecule has 3 aromatic carbocycles. The summed E-state index contributed by atoms with van der Waals surface area (Å²) in [4.78, 5) is 22.3. The molecule has 0 heterocycles. The molecule has 3 aromatic rings. The lowest BCUT2D eigenvalue weighted by Crippen LogP contribution is -2.00. The molecular formula is C23H20O7. The Morgan fingerprint density at radius 1 is 0.733 bits per heavy atom. The van der Waals surface area contributed by atoms with Gasteiger partial charge in [0.2, 0.25) is 0 Å². The molecule has 0 spiro atoms. The van der Waals surface area contributed by atoms with E-state index in [1.54, 1.807) is 18.2 Å². The van der Waals surface area contributed by atoms with E-state index < -0.39 is 11.9 Å². The highest BCUT2D eigenvalue weighted by atomic mass is 16.4. The predicted octanol–water partition coefficient (Wildman–Crippen LogP) is 3.88. The molecule has 154 valence electrons. The molecule has 0 aromatic heterocycles. The first-order valence-corrected chi connectivity index (χ1v) is 9.16. The number of aromatic carboxylic acids is 2. The van der Waals surface area contributed by atoms with E-state index in [4.69, 9.17) is 10.2 Å². The van der Waals surface area contributed by atoms with Crippen molar-refractivity contribution in [2.75, 3.05) is 0 Å². The van der Waals surface area contributed by atoms with Gasteiger partial charge < -0.3 is 25.5 Å². The van der Waals surface area contributed by atoms with Gasteiger partial charge in [-0.2, -0.15) is 0 Å². The van der Waals surface area contributed by atoms with Crippen molar-refractivity contribution in [1.82, 2.24) is 0 Å². The van der Waals surface area contributed by atoms with Crippen molar-refractivity contribution < 1.29 is 35.1 Å². The standard InChI is InChI=1S/C23H20O7/c1-2-12-7-19(14-4-6-17(23(29)30)21(26)10-14)15(11-24)8-18(12)13-3-5-16(22(27)28)20(25)9-13/h3-10,24-26H,2,11H2,1H3,(H,27,28)(H,29,30). The van der Waals surface area contributed by atoms with E-state index in [1.165, 1.54) is 24.3 Å². The summed E-state index contributed by atoms with van der Waals surface area (Å²) in [5.41, 5.74) is 3.49. The van der Waals surface area contributed by atoms with E-state index in [9.17, 15) is 24.9 Å². The van der Waals surface area contributed by atoms with Gasteiger partial charge in [-0.05, 0) is 70.1 Å². The Kier molecular flexibility index (Phi) is 5.75. The molecule has 0 aliphatic carbocycles. The van der Waals surface area contributed by atoms with Gasteiger partial charge in [-0.1, -0.05) is 25.1 Å². The maximum absolute atomic E-state index is 11.1. The van der Waals surface area contributed by atoms with Crippen molar-refractivity contribution in [2.45, 2.75) is 20.0 Å². The highest BCUT2D eigenvalue weighted by Crippen LogP contribution is 2.36. The number of benzene rings is 3. The van der Waals surface area contributed by atoms with Crippen LogP contribution >= 0.6 is 0 Å². The van der Waals surface area contributed by atoms with Crippen molar-refractivity contribution in [2.24, 2.45) is 0 Å². The third-order valence-electron chi connectivity index (χ3n) is 4.96. The molecule has 0 saturated heterocycles. The second-order valence-corrected chi connectivity index (χ2v) is 6.75. The summed E-state index contributed by atoms with van der Waals surface area (Å²) in [5, 5.41) is 48.2. The minimum Gasteiger partial charge on any atom is -0.507 e. The van der Waals surface area contributed by atoms with Gasteiger partial charge in [0.15, 0.2) is 0 Å². The van der Waals surface area contributed by atoms with Crippen molar-refractivity contribution in [3.63, 3.8) is 0 Å². The number of aliphatic hydroxyl groups excluding tert-OH is 1. The van der Waals surface area contributed by atoms with Crippen LogP contribution < -0.4 is 0 Å². The molecule has 0 atom stereocenters. The normalized spacial score (nSPS) is 10.7. The predicted molar refractivity (Wildman–Crippen MR) is 110 cm³/mol. The Morgan fingerprint density at radius 2 is 1.17 bits per heavy atom. The van der Waals surface area contributed by atoms with Crippen LogP contribution in [-0.2, 0) is 13.0 Å². The summed E-state index contributed by atoms with van der Waals surface area (Å²) in [6.45, 7) is 1.62. The third kappa shape index (κ3) is 3.83. The number of aryl methyl sites for hydroxylation is 1. The Bertz CT molecular complexity index is 1060. The summed E-state index contributed by atoms with van der Waals surface area (Å²) in [6, 6.07) is 12.1. The quantitative estimate of drug-likeness (QED) is 0.418. The highest BCUT2D eigenvalue weighted by molar-refractivity contribution is 5.93. The molecule has 0 amide bonds. The first-order chi connectivity index (χ1) is 14.3. The molecule has 0 bridgehead atoms. The molecule has 5 N–H and O–H groups in total. The molecule has 0 radical (unpaired) electrons. The van der Waals surface area contributed by atoms with E-state index in [1.807, 2.05) is 13.0 Å². The van der Waals surface area contributed by atoms with Crippen LogP contribution in [0.1, 0.15) is 38.8 Å². The maximum atomic E-state index is 11.1. The number of carboxylic acids is 2. The largest absolute Gasteiger partial charge is 0.507 e. The minimum absolute atomic E-state index is 0.204. The lowest BCUT2D eigenvalue weighted by Gasteiger charge is -2.16. The number of carbonyl (C=O) groups is 2. The van der Waals surface area contributed by atoms with Crippen LogP contribution in [0.25, 0.3) is 22.3 Å². The molecule has 3 rings (SSSR count). The molecule has 0 saturated carbocycles. The van der Waals surface area contributed by atoms with E-state index >= 15 is 0 Å². The molecule has 0 aliphatic heterocycles. The van der Waals surface area contributed by atoms with Gasteiger partial charge in [-0.25, -0.2) is 9.59 Å². The lowest BCUT2D eigenvalue weighted by atomic mass is 9.89. The molecule has 7 heteroatoms. The fraction of sp³-hybridized carbons (Fsp3) is 0.130. The molecular weight excluding hydrogens is 388 g/mol. The number of aliphatic hydroxyl groups is 1. The zero-order valence-electron chi connectivity index (χ0n) is 16.1. The Hall–Kier alpha value is -3.84. The number of hydrogen-bond acceptors (Lipinski definition) is 5. The first-order valence-electron chi connectivity index (χ1n) is 9.16. The second-order valence-electron chi connectivity index (χ2n) is 6.75. The van der Waals surface area contributed by atoms with Crippen LogP contribution in [0.15, 0.2) is 48.5 Å². The summed E-state index contributed by atoms with van der Waals surface area (Å²) < 4.78 is 0. The fourth-order valence-corrected chi connectivity index (χ4v) is 3.41. The molecule has 0 fully saturated rings. The van der Waals surface area contributed by atoms with Gasteiger partial charge in [0.05, 0.1) is 6.61 Å². The average Bonchev–Trinajstić information content (AvgIpc) is 2.71. The molecule has 0 aliphatic rings. The molecule has 7 nitrogen and oxygen atoms in total. The zero-order chi connectivity index (χ0) is 22.0. The van der Waals surface area contributed by atoms with Gasteiger partial charge >= 0.3 is 11.9 Å². The van der Waals surface area contributed by atoms with Crippen molar-refractivity contribution in [3.05, 3.63) is 70.8 Å². The lowest BCUT2D eigenvalue weighted by molar-refractivity contribution is 0.0682. The van der Waals surface area contributed by atoms with Crippen molar-refractivity contribution in [3.8, 4) is 33.8 Å². The van der Waals surface area contributed by atoms with Crippen LogP contribution in [0.3, 0.4) is 0 Å². The highest BCUT2D eigenvalue weighted by Gasteiger charge is 2.17. The third-order valence-corrected chi connectivity index (χ3v) is 4.96. The van der Waals surface area contributed by atoms with Crippen molar-refractivity contribution in [1.29, 1.82) is 0 Å². The molecule has 0 unspecified atom stereocenters. The van der Waals surface area contributed by atoms with Gasteiger partial charge in [0.1, 0.15) is 22.6 Å². The monoisotopic (exact) mass is 408 g/mol. The van der Waals surface area contributed by atoms with Gasteiger partial charge in [0, 0.05) is 0 Å². The van der Waals surface area contributed by atoms with Crippen molar-refractivity contribution >= 4 is 11.9 Å². The topological polar surface area (TPSA) is 135 Å². The fourth-order valence-electron chi connectivity index (χ4n) is 3.41. The summed E-state index contributed by atoms with van der Waals surface area (Å²) >= 11 is 0. The van der Waals surface area contributed by atoms with Crippen LogP contribution in [0.4, 0.5) is 0 Å². The SMILES string of the molecule is CCc1cc(-c2ccc(C(=O)O)c(O)c2)c(CO)cc1-c1ccc(C(=O)O)c(O)c1. The van der Waals surface area contributed by atoms with E-state index in [0.29, 0.717) is 28.7 Å². The van der Waals surface area contributed by atoms with E-state index in [0.717, 1.165) is 11.1 Å². The Morgan fingerprint density at radius 3 is 1.53 bits per heavy atom. The number of hydrogen-bond donors (Lipinski definition) is 5. The summed E-state index contributed by atoms with van der Waals surface area (Å²) in [6.07, 6.45) is 0.606. The van der Waals surface area contributed by atoms with Crippen LogP contribution in [0.2, 0.25) is 0 Å². The number of phenols is 2. The van der Waals surface area contributed by atoms with Gasteiger partial charge in [-0.3, -0.25) is 0 Å².